The Morgan fingerprint density at radius 2 is 1.97 bits per heavy atom. The third kappa shape index (κ3) is 4.89. The van der Waals surface area contributed by atoms with Gasteiger partial charge in [0.15, 0.2) is 0 Å². The number of nitrogens with one attached hydrogen (secondary N) is 4. The van der Waals surface area contributed by atoms with Crippen molar-refractivity contribution in [1.82, 2.24) is 26.0 Å². The Kier molecular flexibility index (Phi) is 6.23. The summed E-state index contributed by atoms with van der Waals surface area (Å²) in [6.45, 7) is 1.55. The molecule has 2 aromatic carbocycles. The minimum atomic E-state index is -0.643. The lowest BCUT2D eigenvalue weighted by molar-refractivity contribution is -0.136. The number of imide groups is 1. The monoisotopic (exact) mass is 476 g/mol. The number of nitrogens with zero attached hydrogens (tertiary/aromatic N) is 2. The Labute approximate surface area is 203 Å². The van der Waals surface area contributed by atoms with Gasteiger partial charge in [0, 0.05) is 50.4 Å². The van der Waals surface area contributed by atoms with Crippen LogP contribution in [0.25, 0.3) is 0 Å². The molecule has 182 valence electrons. The molecule has 0 aliphatic carbocycles. The quantitative estimate of drug-likeness (QED) is 0.487. The van der Waals surface area contributed by atoms with Crippen LogP contribution >= 0.6 is 0 Å². The van der Waals surface area contributed by atoms with E-state index in [-0.39, 0.29) is 36.9 Å². The van der Waals surface area contributed by atoms with Crippen molar-refractivity contribution in [3.8, 4) is 0 Å². The second-order valence-electron chi connectivity index (χ2n) is 9.22. The van der Waals surface area contributed by atoms with Crippen molar-refractivity contribution in [2.45, 2.75) is 44.4 Å². The molecule has 35 heavy (non-hydrogen) atoms. The van der Waals surface area contributed by atoms with Gasteiger partial charge in [-0.25, -0.2) is 15.2 Å². The highest BCUT2D eigenvalue weighted by Crippen LogP contribution is 2.28. The van der Waals surface area contributed by atoms with Gasteiger partial charge in [0.2, 0.25) is 11.8 Å². The molecule has 2 aromatic rings. The second kappa shape index (κ2) is 9.47. The first kappa shape index (κ1) is 23.0. The Hall–Kier alpha value is -3.76. The van der Waals surface area contributed by atoms with Crippen LogP contribution in [0.5, 0.6) is 0 Å². The van der Waals surface area contributed by atoms with Crippen molar-refractivity contribution in [1.29, 1.82) is 0 Å². The number of hydrogen-bond acceptors (Lipinski definition) is 6. The van der Waals surface area contributed by atoms with Gasteiger partial charge < -0.3 is 15.5 Å². The first-order chi connectivity index (χ1) is 16.9. The minimum absolute atomic E-state index is 0.220. The number of piperidine rings is 1. The molecule has 3 heterocycles. The first-order valence-corrected chi connectivity index (χ1v) is 11.8. The van der Waals surface area contributed by atoms with Crippen LogP contribution < -0.4 is 21.4 Å². The van der Waals surface area contributed by atoms with E-state index in [1.54, 1.807) is 6.07 Å². The van der Waals surface area contributed by atoms with Gasteiger partial charge in [-0.15, -0.1) is 0 Å². The smallest absolute Gasteiger partial charge is 0.319 e. The van der Waals surface area contributed by atoms with E-state index < -0.39 is 11.9 Å². The van der Waals surface area contributed by atoms with E-state index in [1.807, 2.05) is 43.4 Å². The zero-order valence-corrected chi connectivity index (χ0v) is 19.5. The number of urea groups is 1. The summed E-state index contributed by atoms with van der Waals surface area (Å²) in [5, 5.41) is 10.1. The topological polar surface area (TPSA) is 123 Å². The van der Waals surface area contributed by atoms with Crippen LogP contribution in [-0.4, -0.2) is 53.3 Å². The van der Waals surface area contributed by atoms with E-state index >= 15 is 0 Å². The third-order valence-corrected chi connectivity index (χ3v) is 6.72. The lowest BCUT2D eigenvalue weighted by Crippen LogP contribution is -2.52. The van der Waals surface area contributed by atoms with Crippen molar-refractivity contribution in [3.63, 3.8) is 0 Å². The van der Waals surface area contributed by atoms with Gasteiger partial charge in [0.05, 0.1) is 0 Å². The largest absolute Gasteiger partial charge is 0.334 e. The van der Waals surface area contributed by atoms with Crippen molar-refractivity contribution in [3.05, 3.63) is 64.7 Å². The van der Waals surface area contributed by atoms with Crippen LogP contribution in [0.1, 0.15) is 52.4 Å². The molecule has 5 rings (SSSR count). The standard InChI is InChI=1S/C25H28N6O4/c1-30-10-9-20(29-30)16-3-2-4-18(12-16)27-25(35)26-13-15-5-6-17-14-31(24(34)19(17)11-15)21-7-8-22(32)28-23(21)33/h2-6,11-12,20-21,29H,7-10,13-14H2,1H3,(H2,26,27,35)(H,28,32,33). The van der Waals surface area contributed by atoms with E-state index in [4.69, 9.17) is 0 Å². The van der Waals surface area contributed by atoms with E-state index in [2.05, 4.69) is 26.4 Å². The molecule has 2 unspecified atom stereocenters. The number of benzene rings is 2. The molecular formula is C25H28N6O4. The fourth-order valence-electron chi connectivity index (χ4n) is 4.86. The number of carbonyl (C=O) groups excluding carboxylic acids is 4. The highest BCUT2D eigenvalue weighted by Gasteiger charge is 2.39. The Balaban J connectivity index is 1.18. The number of rotatable bonds is 5. The molecule has 3 aliphatic heterocycles. The predicted molar refractivity (Wildman–Crippen MR) is 128 cm³/mol. The lowest BCUT2D eigenvalue weighted by atomic mass is 10.0. The first-order valence-electron chi connectivity index (χ1n) is 11.8. The van der Waals surface area contributed by atoms with Gasteiger partial charge >= 0.3 is 6.03 Å². The lowest BCUT2D eigenvalue weighted by Gasteiger charge is -2.29. The fraction of sp³-hybridized carbons (Fsp3) is 0.360. The molecule has 0 radical (unpaired) electrons. The van der Waals surface area contributed by atoms with Crippen LogP contribution in [0.15, 0.2) is 42.5 Å². The Morgan fingerprint density at radius 1 is 1.11 bits per heavy atom. The minimum Gasteiger partial charge on any atom is -0.334 e. The molecule has 10 nitrogen and oxygen atoms in total. The van der Waals surface area contributed by atoms with Crippen molar-refractivity contribution in [2.24, 2.45) is 0 Å². The molecule has 2 atom stereocenters. The van der Waals surface area contributed by atoms with Gasteiger partial charge in [-0.1, -0.05) is 24.3 Å². The predicted octanol–water partition coefficient (Wildman–Crippen LogP) is 1.65. The average molecular weight is 477 g/mol. The maximum Gasteiger partial charge on any atom is 0.319 e. The van der Waals surface area contributed by atoms with Crippen molar-refractivity contribution < 1.29 is 19.2 Å². The van der Waals surface area contributed by atoms with Gasteiger partial charge in [-0.3, -0.25) is 19.7 Å². The summed E-state index contributed by atoms with van der Waals surface area (Å²) < 4.78 is 0. The summed E-state index contributed by atoms with van der Waals surface area (Å²) in [6, 6.07) is 12.5. The number of hydrogen-bond donors (Lipinski definition) is 4. The molecule has 2 fully saturated rings. The second-order valence-corrected chi connectivity index (χ2v) is 9.22. The van der Waals surface area contributed by atoms with Crippen LogP contribution in [0.2, 0.25) is 0 Å². The maximum absolute atomic E-state index is 13.0. The summed E-state index contributed by atoms with van der Waals surface area (Å²) in [6.07, 6.45) is 1.55. The highest BCUT2D eigenvalue weighted by atomic mass is 16.2. The van der Waals surface area contributed by atoms with Crippen molar-refractivity contribution in [2.75, 3.05) is 18.9 Å². The van der Waals surface area contributed by atoms with Gasteiger partial charge in [-0.2, -0.15) is 0 Å². The molecule has 0 spiro atoms. The molecule has 0 saturated carbocycles. The number of fused-ring (bicyclic) bond motifs is 1. The van der Waals surface area contributed by atoms with E-state index in [0.29, 0.717) is 24.2 Å². The van der Waals surface area contributed by atoms with Crippen LogP contribution in [0.3, 0.4) is 0 Å². The van der Waals surface area contributed by atoms with Crippen LogP contribution in [-0.2, 0) is 22.7 Å². The average Bonchev–Trinajstić information content (AvgIpc) is 3.41. The van der Waals surface area contributed by atoms with Gasteiger partial charge in [0.25, 0.3) is 5.91 Å². The maximum atomic E-state index is 13.0. The number of anilines is 1. The molecule has 2 saturated heterocycles. The van der Waals surface area contributed by atoms with Crippen molar-refractivity contribution >= 4 is 29.4 Å². The zero-order valence-electron chi connectivity index (χ0n) is 19.5. The molecule has 0 bridgehead atoms. The summed E-state index contributed by atoms with van der Waals surface area (Å²) in [7, 11) is 2.01. The summed E-state index contributed by atoms with van der Waals surface area (Å²) in [5.74, 6) is -0.971. The van der Waals surface area contributed by atoms with Gasteiger partial charge in [0.1, 0.15) is 6.04 Å². The number of amides is 5. The fourth-order valence-corrected chi connectivity index (χ4v) is 4.86. The van der Waals surface area contributed by atoms with Gasteiger partial charge in [-0.05, 0) is 47.7 Å². The Bertz CT molecular complexity index is 1200. The van der Waals surface area contributed by atoms with Crippen LogP contribution in [0, 0.1) is 0 Å². The third-order valence-electron chi connectivity index (χ3n) is 6.72. The van der Waals surface area contributed by atoms with E-state index in [1.165, 1.54) is 4.90 Å². The number of hydrazine groups is 1. The molecular weight excluding hydrogens is 448 g/mol. The number of carbonyl (C=O) groups is 4. The normalized spacial score (nSPS) is 22.2. The molecule has 5 amide bonds. The summed E-state index contributed by atoms with van der Waals surface area (Å²) >= 11 is 0. The molecule has 4 N–H and O–H groups in total. The SMILES string of the molecule is CN1CCC(c2cccc(NC(=O)NCc3ccc4c(c3)C(=O)N(C3CCC(=O)NC3=O)C4)c2)N1. The summed E-state index contributed by atoms with van der Waals surface area (Å²) in [4.78, 5) is 50.6. The van der Waals surface area contributed by atoms with E-state index in [0.717, 1.165) is 29.7 Å². The van der Waals surface area contributed by atoms with Crippen LogP contribution in [0.4, 0.5) is 10.5 Å². The van der Waals surface area contributed by atoms with E-state index in [9.17, 15) is 19.2 Å². The zero-order chi connectivity index (χ0) is 24.5. The molecule has 10 heteroatoms. The highest BCUT2D eigenvalue weighted by molar-refractivity contribution is 6.05. The molecule has 3 aliphatic rings. The summed E-state index contributed by atoms with van der Waals surface area (Å²) in [5.41, 5.74) is 7.35. The Morgan fingerprint density at radius 3 is 2.74 bits per heavy atom. The molecule has 0 aromatic heterocycles.